The van der Waals surface area contributed by atoms with Gasteiger partial charge in [-0.05, 0) is 57.9 Å². The van der Waals surface area contributed by atoms with Crippen LogP contribution < -0.4 is 21.3 Å². The maximum atomic E-state index is 13.2. The fourth-order valence-corrected chi connectivity index (χ4v) is 3.69. The largest absolute Gasteiger partial charge is 0.444 e. The summed E-state index contributed by atoms with van der Waals surface area (Å²) < 4.78 is 10.4. The van der Waals surface area contributed by atoms with Crippen LogP contribution in [-0.4, -0.2) is 60.8 Å². The second kappa shape index (κ2) is 13.2. The van der Waals surface area contributed by atoms with E-state index in [1.165, 1.54) is 7.11 Å². The van der Waals surface area contributed by atoms with E-state index >= 15 is 0 Å². The van der Waals surface area contributed by atoms with Crippen LogP contribution in [0.15, 0.2) is 42.5 Å². The standard InChI is InChI=1S/C28H40N4O6/c1-27(2,3)32-23(33)15-21(31-26(36)38-28(4,5)6)25(35)30-22(17-37-7)24(34)29-16-19-13-10-12-18-11-8-9-14-20(18)19/h8-14,21-22H,15-17H2,1-7H3,(H,29,34)(H,30,35)(H,31,36)(H,32,33)/t21-,22-/m0/s1. The summed E-state index contributed by atoms with van der Waals surface area (Å²) in [7, 11) is 1.41. The molecular formula is C28H40N4O6. The van der Waals surface area contributed by atoms with Crippen LogP contribution in [0.2, 0.25) is 0 Å². The van der Waals surface area contributed by atoms with E-state index in [1.807, 2.05) is 42.5 Å². The van der Waals surface area contributed by atoms with Gasteiger partial charge in [0, 0.05) is 19.2 Å². The van der Waals surface area contributed by atoms with Crippen LogP contribution in [0.4, 0.5) is 4.79 Å². The van der Waals surface area contributed by atoms with Gasteiger partial charge in [-0.3, -0.25) is 14.4 Å². The van der Waals surface area contributed by atoms with Gasteiger partial charge in [0.05, 0.1) is 13.0 Å². The predicted molar refractivity (Wildman–Crippen MR) is 145 cm³/mol. The molecule has 38 heavy (non-hydrogen) atoms. The third-order valence-electron chi connectivity index (χ3n) is 5.21. The number of amides is 4. The number of benzene rings is 2. The number of rotatable bonds is 10. The van der Waals surface area contributed by atoms with E-state index in [1.54, 1.807) is 41.5 Å². The van der Waals surface area contributed by atoms with Gasteiger partial charge >= 0.3 is 6.09 Å². The summed E-state index contributed by atoms with van der Waals surface area (Å²) >= 11 is 0. The number of hydrogen-bond donors (Lipinski definition) is 4. The molecule has 4 amide bonds. The van der Waals surface area contributed by atoms with Crippen LogP contribution in [0.25, 0.3) is 10.8 Å². The smallest absolute Gasteiger partial charge is 0.408 e. The lowest BCUT2D eigenvalue weighted by Gasteiger charge is -2.26. The minimum atomic E-state index is -1.28. The van der Waals surface area contributed by atoms with Gasteiger partial charge in [-0.1, -0.05) is 42.5 Å². The fourth-order valence-electron chi connectivity index (χ4n) is 3.69. The first-order valence-corrected chi connectivity index (χ1v) is 12.5. The molecule has 0 saturated carbocycles. The maximum Gasteiger partial charge on any atom is 0.408 e. The molecule has 0 radical (unpaired) electrons. The van der Waals surface area contributed by atoms with E-state index in [0.717, 1.165) is 16.3 Å². The second-order valence-corrected chi connectivity index (χ2v) is 11.1. The fraction of sp³-hybridized carbons (Fsp3) is 0.500. The number of carbonyl (C=O) groups excluding carboxylic acids is 4. The summed E-state index contributed by atoms with van der Waals surface area (Å²) in [6.07, 6.45) is -1.20. The van der Waals surface area contributed by atoms with Gasteiger partial charge in [0.1, 0.15) is 17.7 Å². The molecule has 2 atom stereocenters. The average molecular weight is 529 g/mol. The first kappa shape index (κ1) is 30.6. The Kier molecular flexibility index (Phi) is 10.6. The van der Waals surface area contributed by atoms with E-state index in [2.05, 4.69) is 21.3 Å². The molecule has 2 aromatic rings. The number of methoxy groups -OCH3 is 1. The van der Waals surface area contributed by atoms with E-state index in [-0.39, 0.29) is 19.6 Å². The highest BCUT2D eigenvalue weighted by Crippen LogP contribution is 2.18. The van der Waals surface area contributed by atoms with Crippen molar-refractivity contribution in [3.05, 3.63) is 48.0 Å². The lowest BCUT2D eigenvalue weighted by molar-refractivity contribution is -0.133. The van der Waals surface area contributed by atoms with Crippen molar-refractivity contribution >= 4 is 34.6 Å². The van der Waals surface area contributed by atoms with Crippen molar-refractivity contribution in [2.45, 2.75) is 77.7 Å². The van der Waals surface area contributed by atoms with Crippen LogP contribution in [0.5, 0.6) is 0 Å². The number of alkyl carbamates (subject to hydrolysis) is 1. The van der Waals surface area contributed by atoms with Crippen LogP contribution >= 0.6 is 0 Å². The van der Waals surface area contributed by atoms with Crippen molar-refractivity contribution in [3.8, 4) is 0 Å². The summed E-state index contributed by atoms with van der Waals surface area (Å²) in [4.78, 5) is 51.2. The molecule has 10 nitrogen and oxygen atoms in total. The lowest BCUT2D eigenvalue weighted by atomic mass is 10.0. The highest BCUT2D eigenvalue weighted by Gasteiger charge is 2.31. The molecule has 0 fully saturated rings. The first-order chi connectivity index (χ1) is 17.7. The summed E-state index contributed by atoms with van der Waals surface area (Å²) in [6, 6.07) is 11.3. The Bertz CT molecular complexity index is 1100. The number of hydrogen-bond acceptors (Lipinski definition) is 6. The average Bonchev–Trinajstić information content (AvgIpc) is 2.79. The zero-order valence-electron chi connectivity index (χ0n) is 23.3. The molecule has 0 spiro atoms. The van der Waals surface area contributed by atoms with Gasteiger partial charge < -0.3 is 30.7 Å². The van der Waals surface area contributed by atoms with Gasteiger partial charge in [-0.25, -0.2) is 4.79 Å². The van der Waals surface area contributed by atoms with Crippen molar-refractivity contribution in [2.24, 2.45) is 0 Å². The van der Waals surface area contributed by atoms with Gasteiger partial charge in [0.2, 0.25) is 17.7 Å². The maximum absolute atomic E-state index is 13.2. The van der Waals surface area contributed by atoms with Gasteiger partial charge in [0.25, 0.3) is 0 Å². The van der Waals surface area contributed by atoms with Crippen molar-refractivity contribution in [3.63, 3.8) is 0 Å². The van der Waals surface area contributed by atoms with Crippen LogP contribution in [-0.2, 0) is 30.4 Å². The first-order valence-electron chi connectivity index (χ1n) is 12.5. The molecule has 0 aliphatic carbocycles. The van der Waals surface area contributed by atoms with E-state index < -0.39 is 47.0 Å². The number of ether oxygens (including phenoxy) is 2. The van der Waals surface area contributed by atoms with E-state index in [9.17, 15) is 19.2 Å². The normalized spacial score (nSPS) is 13.2. The van der Waals surface area contributed by atoms with Crippen molar-refractivity contribution in [1.29, 1.82) is 0 Å². The summed E-state index contributed by atoms with van der Waals surface area (Å²) in [5.41, 5.74) is -0.426. The molecule has 208 valence electrons. The van der Waals surface area contributed by atoms with E-state index in [4.69, 9.17) is 9.47 Å². The van der Waals surface area contributed by atoms with Crippen molar-refractivity contribution < 1.29 is 28.7 Å². The Hall–Kier alpha value is -3.66. The van der Waals surface area contributed by atoms with Gasteiger partial charge in [0.15, 0.2) is 0 Å². The molecule has 0 saturated heterocycles. The molecule has 10 heteroatoms. The van der Waals surface area contributed by atoms with Crippen molar-refractivity contribution in [1.82, 2.24) is 21.3 Å². The quantitative estimate of drug-likeness (QED) is 0.375. The molecule has 4 N–H and O–H groups in total. The zero-order chi connectivity index (χ0) is 28.5. The van der Waals surface area contributed by atoms with Crippen LogP contribution in [0.3, 0.4) is 0 Å². The highest BCUT2D eigenvalue weighted by atomic mass is 16.6. The third-order valence-corrected chi connectivity index (χ3v) is 5.21. The molecule has 0 aliphatic heterocycles. The molecule has 2 aromatic carbocycles. The molecule has 0 heterocycles. The highest BCUT2D eigenvalue weighted by molar-refractivity contribution is 5.94. The van der Waals surface area contributed by atoms with Gasteiger partial charge in [-0.15, -0.1) is 0 Å². The second-order valence-electron chi connectivity index (χ2n) is 11.1. The molecule has 0 aromatic heterocycles. The Morgan fingerprint density at radius 1 is 0.842 bits per heavy atom. The van der Waals surface area contributed by atoms with Gasteiger partial charge in [-0.2, -0.15) is 0 Å². The van der Waals surface area contributed by atoms with Crippen LogP contribution in [0, 0.1) is 0 Å². The minimum absolute atomic E-state index is 0.111. The Morgan fingerprint density at radius 3 is 2.13 bits per heavy atom. The molecular weight excluding hydrogens is 488 g/mol. The Labute approximate surface area is 224 Å². The number of carbonyl (C=O) groups is 4. The third kappa shape index (κ3) is 10.4. The monoisotopic (exact) mass is 528 g/mol. The Balaban J connectivity index is 2.14. The predicted octanol–water partition coefficient (Wildman–Crippen LogP) is 2.79. The molecule has 0 bridgehead atoms. The Morgan fingerprint density at radius 2 is 1.50 bits per heavy atom. The minimum Gasteiger partial charge on any atom is -0.444 e. The van der Waals surface area contributed by atoms with E-state index in [0.29, 0.717) is 0 Å². The molecule has 2 rings (SSSR count). The summed E-state index contributed by atoms with van der Waals surface area (Å²) in [6.45, 7) is 10.6. The molecule has 0 aliphatic rings. The lowest BCUT2D eigenvalue weighted by Crippen LogP contribution is -2.56. The zero-order valence-corrected chi connectivity index (χ0v) is 23.3. The van der Waals surface area contributed by atoms with Crippen molar-refractivity contribution in [2.75, 3.05) is 13.7 Å². The molecule has 0 unspecified atom stereocenters. The summed E-state index contributed by atoms with van der Waals surface area (Å²) in [5, 5.41) is 12.7. The summed E-state index contributed by atoms with van der Waals surface area (Å²) in [5.74, 6) is -1.64. The number of fused-ring (bicyclic) bond motifs is 1. The topological polar surface area (TPSA) is 135 Å². The van der Waals surface area contributed by atoms with Crippen LogP contribution in [0.1, 0.15) is 53.5 Å². The SMILES string of the molecule is COC[C@H](NC(=O)[C@H](CC(=O)NC(C)(C)C)NC(=O)OC(C)(C)C)C(=O)NCc1cccc2ccccc12. The number of nitrogens with one attached hydrogen (secondary N) is 4.